The van der Waals surface area contributed by atoms with Crippen molar-refractivity contribution in [3.8, 4) is 11.5 Å². The first-order valence-corrected chi connectivity index (χ1v) is 9.04. The second kappa shape index (κ2) is 8.17. The summed E-state index contributed by atoms with van der Waals surface area (Å²) < 4.78 is 10.7. The minimum atomic E-state index is -0.653. The number of aromatic nitrogens is 1. The van der Waals surface area contributed by atoms with Gasteiger partial charge in [0.1, 0.15) is 5.76 Å². The normalized spacial score (nSPS) is 19.8. The number of hydrogen-bond donors (Lipinski definition) is 1. The highest BCUT2D eigenvalue weighted by Crippen LogP contribution is 2.24. The van der Waals surface area contributed by atoms with Crippen molar-refractivity contribution in [2.45, 2.75) is 45.6 Å². The van der Waals surface area contributed by atoms with Crippen molar-refractivity contribution in [3.05, 3.63) is 41.8 Å². The number of benzene rings is 1. The van der Waals surface area contributed by atoms with E-state index in [1.165, 1.54) is 6.42 Å². The van der Waals surface area contributed by atoms with Crippen LogP contribution in [0.5, 0.6) is 0 Å². The second-order valence-corrected chi connectivity index (χ2v) is 6.80. The van der Waals surface area contributed by atoms with Crippen molar-refractivity contribution in [2.75, 3.05) is 6.61 Å². The number of oxazole rings is 1. The number of amides is 1. The lowest BCUT2D eigenvalue weighted by Gasteiger charge is -2.29. The van der Waals surface area contributed by atoms with E-state index in [2.05, 4.69) is 17.2 Å². The van der Waals surface area contributed by atoms with Gasteiger partial charge in [-0.3, -0.25) is 4.79 Å². The van der Waals surface area contributed by atoms with Gasteiger partial charge in [0.2, 0.25) is 5.89 Å². The molecule has 1 aliphatic rings. The van der Waals surface area contributed by atoms with Crippen LogP contribution >= 0.6 is 0 Å². The number of nitrogens with one attached hydrogen (secondary N) is 1. The first kappa shape index (κ1) is 18.2. The maximum absolute atomic E-state index is 12.2. The van der Waals surface area contributed by atoms with E-state index in [0.29, 0.717) is 17.6 Å². The fourth-order valence-corrected chi connectivity index (χ4v) is 3.27. The van der Waals surface area contributed by atoms with Crippen molar-refractivity contribution < 1.29 is 18.7 Å². The van der Waals surface area contributed by atoms with Crippen molar-refractivity contribution in [2.24, 2.45) is 5.92 Å². The van der Waals surface area contributed by atoms with E-state index in [-0.39, 0.29) is 24.2 Å². The van der Waals surface area contributed by atoms with Crippen molar-refractivity contribution >= 4 is 11.9 Å². The number of aryl methyl sites for hydroxylation is 1. The van der Waals surface area contributed by atoms with Crippen molar-refractivity contribution in [1.82, 2.24) is 10.3 Å². The Morgan fingerprint density at radius 3 is 2.69 bits per heavy atom. The predicted molar refractivity (Wildman–Crippen MR) is 96.5 cm³/mol. The third-order valence-electron chi connectivity index (χ3n) is 4.80. The van der Waals surface area contributed by atoms with Crippen LogP contribution in [0.15, 0.2) is 34.7 Å². The van der Waals surface area contributed by atoms with Gasteiger partial charge in [-0.1, -0.05) is 38.0 Å². The quantitative estimate of drug-likeness (QED) is 0.829. The standard InChI is InChI=1S/C20H24N2O4/c1-13-8-6-7-11-16(13)21-17(23)12-25-20(24)18-14(2)26-19(22-18)15-9-4-3-5-10-15/h3-5,9-10,13,16H,6-8,11-12H2,1-2H3,(H,21,23)/t13-,16-/m0/s1. The summed E-state index contributed by atoms with van der Waals surface area (Å²) in [5.74, 6) is 0.252. The molecule has 1 heterocycles. The van der Waals surface area contributed by atoms with Gasteiger partial charge in [0.05, 0.1) is 0 Å². The molecule has 2 aromatic rings. The van der Waals surface area contributed by atoms with Crippen LogP contribution in [0.25, 0.3) is 11.5 Å². The number of ether oxygens (including phenoxy) is 1. The maximum Gasteiger partial charge on any atom is 0.361 e. The molecule has 1 aromatic carbocycles. The molecular weight excluding hydrogens is 332 g/mol. The first-order chi connectivity index (χ1) is 12.5. The highest BCUT2D eigenvalue weighted by atomic mass is 16.5. The summed E-state index contributed by atoms with van der Waals surface area (Å²) in [4.78, 5) is 28.5. The van der Waals surface area contributed by atoms with E-state index in [1.54, 1.807) is 6.92 Å². The van der Waals surface area contributed by atoms with Crippen molar-refractivity contribution in [1.29, 1.82) is 0 Å². The fraction of sp³-hybridized carbons (Fsp3) is 0.450. The number of nitrogens with zero attached hydrogens (tertiary/aromatic N) is 1. The molecule has 26 heavy (non-hydrogen) atoms. The molecule has 3 rings (SSSR count). The van der Waals surface area contributed by atoms with Crippen LogP contribution in [0, 0.1) is 12.8 Å². The number of esters is 1. The van der Waals surface area contributed by atoms with E-state index in [0.717, 1.165) is 24.8 Å². The fourth-order valence-electron chi connectivity index (χ4n) is 3.27. The average Bonchev–Trinajstić information content (AvgIpc) is 3.04. The Labute approximate surface area is 152 Å². The summed E-state index contributed by atoms with van der Waals surface area (Å²) >= 11 is 0. The van der Waals surface area contributed by atoms with Gasteiger partial charge in [-0.15, -0.1) is 0 Å². The Morgan fingerprint density at radius 1 is 1.23 bits per heavy atom. The molecule has 1 fully saturated rings. The molecule has 138 valence electrons. The zero-order chi connectivity index (χ0) is 18.5. The van der Waals surface area contributed by atoms with Gasteiger partial charge >= 0.3 is 5.97 Å². The van der Waals surface area contributed by atoms with E-state index in [1.807, 2.05) is 30.3 Å². The van der Waals surface area contributed by atoms with E-state index in [9.17, 15) is 9.59 Å². The van der Waals surface area contributed by atoms with Gasteiger partial charge in [0, 0.05) is 11.6 Å². The average molecular weight is 356 g/mol. The van der Waals surface area contributed by atoms with Gasteiger partial charge < -0.3 is 14.5 Å². The van der Waals surface area contributed by atoms with Crippen LogP contribution in [0.1, 0.15) is 48.9 Å². The summed E-state index contributed by atoms with van der Waals surface area (Å²) in [6, 6.07) is 9.47. The summed E-state index contributed by atoms with van der Waals surface area (Å²) in [5, 5.41) is 2.96. The van der Waals surface area contributed by atoms with Gasteiger partial charge in [-0.05, 0) is 37.8 Å². The number of hydrogen-bond acceptors (Lipinski definition) is 5. The summed E-state index contributed by atoms with van der Waals surface area (Å²) in [5.41, 5.74) is 0.876. The Hall–Kier alpha value is -2.63. The number of carbonyl (C=O) groups excluding carboxylic acids is 2. The van der Waals surface area contributed by atoms with Crippen LogP contribution in [-0.2, 0) is 9.53 Å². The van der Waals surface area contributed by atoms with E-state index < -0.39 is 5.97 Å². The molecule has 2 atom stereocenters. The molecule has 1 aromatic heterocycles. The Bertz CT molecular complexity index is 769. The predicted octanol–water partition coefficient (Wildman–Crippen LogP) is 3.50. The molecule has 0 saturated heterocycles. The zero-order valence-corrected chi connectivity index (χ0v) is 15.2. The van der Waals surface area contributed by atoms with Gasteiger partial charge in [-0.25, -0.2) is 9.78 Å². The van der Waals surface area contributed by atoms with Crippen LogP contribution in [0.4, 0.5) is 0 Å². The Kier molecular flexibility index (Phi) is 5.71. The summed E-state index contributed by atoms with van der Waals surface area (Å²) in [6.45, 7) is 3.48. The molecule has 0 spiro atoms. The monoisotopic (exact) mass is 356 g/mol. The lowest BCUT2D eigenvalue weighted by Crippen LogP contribution is -2.42. The van der Waals surface area contributed by atoms with Crippen LogP contribution in [0.3, 0.4) is 0 Å². The van der Waals surface area contributed by atoms with Crippen LogP contribution in [-0.4, -0.2) is 29.5 Å². The largest absolute Gasteiger partial charge is 0.451 e. The molecule has 0 radical (unpaired) electrons. The third kappa shape index (κ3) is 4.31. The van der Waals surface area contributed by atoms with Gasteiger partial charge in [-0.2, -0.15) is 0 Å². The molecular formula is C20H24N2O4. The Balaban J connectivity index is 1.56. The SMILES string of the molecule is Cc1oc(-c2ccccc2)nc1C(=O)OCC(=O)N[C@H]1CCCC[C@@H]1C. The second-order valence-electron chi connectivity index (χ2n) is 6.80. The zero-order valence-electron chi connectivity index (χ0n) is 15.2. The molecule has 1 saturated carbocycles. The van der Waals surface area contributed by atoms with E-state index in [4.69, 9.17) is 9.15 Å². The smallest absolute Gasteiger partial charge is 0.361 e. The molecule has 0 unspecified atom stereocenters. The topological polar surface area (TPSA) is 81.4 Å². The number of rotatable bonds is 5. The first-order valence-electron chi connectivity index (χ1n) is 9.04. The molecule has 1 amide bonds. The van der Waals surface area contributed by atoms with Gasteiger partial charge in [0.15, 0.2) is 12.3 Å². The lowest BCUT2D eigenvalue weighted by atomic mass is 9.86. The summed E-state index contributed by atoms with van der Waals surface area (Å²) in [7, 11) is 0. The molecule has 1 N–H and O–H groups in total. The molecule has 6 nitrogen and oxygen atoms in total. The van der Waals surface area contributed by atoms with Crippen LogP contribution < -0.4 is 5.32 Å². The number of carbonyl (C=O) groups is 2. The molecule has 6 heteroatoms. The third-order valence-corrected chi connectivity index (χ3v) is 4.80. The Morgan fingerprint density at radius 2 is 1.96 bits per heavy atom. The highest BCUT2D eigenvalue weighted by Gasteiger charge is 2.24. The molecule has 1 aliphatic carbocycles. The lowest BCUT2D eigenvalue weighted by molar-refractivity contribution is -0.125. The minimum Gasteiger partial charge on any atom is -0.451 e. The highest BCUT2D eigenvalue weighted by molar-refractivity contribution is 5.91. The van der Waals surface area contributed by atoms with E-state index >= 15 is 0 Å². The van der Waals surface area contributed by atoms with Gasteiger partial charge in [0.25, 0.3) is 5.91 Å². The molecule has 0 aliphatic heterocycles. The minimum absolute atomic E-state index is 0.0997. The summed E-state index contributed by atoms with van der Waals surface area (Å²) in [6.07, 6.45) is 4.42. The van der Waals surface area contributed by atoms with Crippen molar-refractivity contribution in [3.63, 3.8) is 0 Å². The van der Waals surface area contributed by atoms with Crippen LogP contribution in [0.2, 0.25) is 0 Å². The molecule has 0 bridgehead atoms. The maximum atomic E-state index is 12.2.